The van der Waals surface area contributed by atoms with E-state index in [1.54, 1.807) is 7.11 Å². The fraction of sp³-hybridized carbons (Fsp3) is 0.600. The van der Waals surface area contributed by atoms with Crippen LogP contribution in [0.2, 0.25) is 0 Å². The first-order valence-corrected chi connectivity index (χ1v) is 7.68. The minimum absolute atomic E-state index is 0.500. The Balaban J connectivity index is 1.96. The van der Waals surface area contributed by atoms with Crippen LogP contribution in [0.15, 0.2) is 22.7 Å². The van der Waals surface area contributed by atoms with Crippen molar-refractivity contribution in [1.82, 2.24) is 4.90 Å². The van der Waals surface area contributed by atoms with Gasteiger partial charge in [-0.15, -0.1) is 0 Å². The summed E-state index contributed by atoms with van der Waals surface area (Å²) in [7, 11) is 3.90. The second-order valence-corrected chi connectivity index (χ2v) is 6.28. The van der Waals surface area contributed by atoms with E-state index >= 15 is 0 Å². The Hall–Kier alpha value is -0.740. The summed E-state index contributed by atoms with van der Waals surface area (Å²) in [6.45, 7) is 4.70. The molecule has 4 heteroatoms. The van der Waals surface area contributed by atoms with E-state index in [9.17, 15) is 0 Å². The van der Waals surface area contributed by atoms with Gasteiger partial charge in [-0.25, -0.2) is 0 Å². The first-order chi connectivity index (χ1) is 9.10. The monoisotopic (exact) mass is 326 g/mol. The van der Waals surface area contributed by atoms with Crippen molar-refractivity contribution in [2.24, 2.45) is 5.92 Å². The third-order valence-electron chi connectivity index (χ3n) is 4.02. The highest BCUT2D eigenvalue weighted by molar-refractivity contribution is 9.10. The molecule has 1 aliphatic heterocycles. The summed E-state index contributed by atoms with van der Waals surface area (Å²) < 4.78 is 6.33. The summed E-state index contributed by atoms with van der Waals surface area (Å²) >= 11 is 3.48. The van der Waals surface area contributed by atoms with E-state index in [1.165, 1.54) is 25.9 Å². The number of ether oxygens (including phenoxy) is 1. The molecule has 0 bridgehead atoms. The van der Waals surface area contributed by atoms with Gasteiger partial charge < -0.3 is 15.0 Å². The Kier molecular flexibility index (Phi) is 5.11. The summed E-state index contributed by atoms with van der Waals surface area (Å²) in [5.41, 5.74) is 1.13. The lowest BCUT2D eigenvalue weighted by Gasteiger charge is -2.33. The summed E-state index contributed by atoms with van der Waals surface area (Å²) in [5.74, 6) is 1.63. The molecular weight excluding hydrogens is 304 g/mol. The average molecular weight is 327 g/mol. The molecular formula is C15H23BrN2O. The topological polar surface area (TPSA) is 24.5 Å². The molecule has 1 aromatic rings. The van der Waals surface area contributed by atoms with E-state index in [-0.39, 0.29) is 0 Å². The molecule has 0 amide bonds. The minimum Gasteiger partial charge on any atom is -0.495 e. The molecule has 1 aromatic carbocycles. The summed E-state index contributed by atoms with van der Waals surface area (Å²) in [5, 5.41) is 3.61. The van der Waals surface area contributed by atoms with Crippen LogP contribution in [0.5, 0.6) is 5.75 Å². The van der Waals surface area contributed by atoms with Gasteiger partial charge in [0.15, 0.2) is 0 Å². The molecule has 106 valence electrons. The summed E-state index contributed by atoms with van der Waals surface area (Å²) in [6.07, 6.45) is 2.55. The van der Waals surface area contributed by atoms with Crippen LogP contribution >= 0.6 is 15.9 Å². The Bertz CT molecular complexity index is 417. The molecule has 1 aliphatic rings. The zero-order valence-corrected chi connectivity index (χ0v) is 13.5. The van der Waals surface area contributed by atoms with Crippen LogP contribution in [0.4, 0.5) is 5.69 Å². The highest BCUT2D eigenvalue weighted by Crippen LogP contribution is 2.29. The highest BCUT2D eigenvalue weighted by Gasteiger charge is 2.22. The van der Waals surface area contributed by atoms with Crippen molar-refractivity contribution in [2.45, 2.75) is 25.8 Å². The molecule has 0 spiro atoms. The molecule has 1 saturated heterocycles. The molecule has 1 fully saturated rings. The lowest BCUT2D eigenvalue weighted by Crippen LogP contribution is -2.37. The molecule has 0 aromatic heterocycles. The lowest BCUT2D eigenvalue weighted by molar-refractivity contribution is 0.208. The maximum atomic E-state index is 5.33. The van der Waals surface area contributed by atoms with Gasteiger partial charge in [0.2, 0.25) is 0 Å². The van der Waals surface area contributed by atoms with Gasteiger partial charge in [0, 0.05) is 17.8 Å². The first kappa shape index (κ1) is 14.7. The second kappa shape index (κ2) is 6.62. The predicted octanol–water partition coefficient (Wildman–Crippen LogP) is 3.60. The quantitative estimate of drug-likeness (QED) is 0.914. The van der Waals surface area contributed by atoms with Crippen LogP contribution in [0, 0.1) is 5.92 Å². The molecule has 19 heavy (non-hydrogen) atoms. The van der Waals surface area contributed by atoms with Crippen LogP contribution in [0.3, 0.4) is 0 Å². The third kappa shape index (κ3) is 3.86. The number of piperidine rings is 1. The van der Waals surface area contributed by atoms with E-state index in [0.717, 1.165) is 21.8 Å². The van der Waals surface area contributed by atoms with Crippen molar-refractivity contribution < 1.29 is 4.74 Å². The van der Waals surface area contributed by atoms with Gasteiger partial charge in [-0.2, -0.15) is 0 Å². The fourth-order valence-electron chi connectivity index (χ4n) is 2.66. The maximum Gasteiger partial charge on any atom is 0.135 e. The van der Waals surface area contributed by atoms with Crippen molar-refractivity contribution in [1.29, 1.82) is 0 Å². The number of nitrogens with one attached hydrogen (secondary N) is 1. The number of halogens is 1. The molecule has 1 atom stereocenters. The maximum absolute atomic E-state index is 5.33. The molecule has 0 aliphatic carbocycles. The first-order valence-electron chi connectivity index (χ1n) is 6.88. The van der Waals surface area contributed by atoms with Gasteiger partial charge in [0.05, 0.1) is 11.6 Å². The number of hydrogen-bond acceptors (Lipinski definition) is 3. The van der Waals surface area contributed by atoms with Crippen LogP contribution in [-0.4, -0.2) is 38.2 Å². The SMILES string of the molecule is COc1cc(NC(C)C2CCN(C)CC2)ccc1Br. The molecule has 1 N–H and O–H groups in total. The van der Waals surface area contributed by atoms with Crippen LogP contribution in [-0.2, 0) is 0 Å². The van der Waals surface area contributed by atoms with E-state index < -0.39 is 0 Å². The number of hydrogen-bond donors (Lipinski definition) is 1. The zero-order chi connectivity index (χ0) is 13.8. The van der Waals surface area contributed by atoms with Crippen molar-refractivity contribution in [3.05, 3.63) is 22.7 Å². The van der Waals surface area contributed by atoms with E-state index in [2.05, 4.69) is 52.3 Å². The van der Waals surface area contributed by atoms with E-state index in [4.69, 9.17) is 4.74 Å². The number of nitrogens with zero attached hydrogens (tertiary/aromatic N) is 1. The Morgan fingerprint density at radius 2 is 2.05 bits per heavy atom. The van der Waals surface area contributed by atoms with Crippen LogP contribution in [0.1, 0.15) is 19.8 Å². The molecule has 3 nitrogen and oxygen atoms in total. The molecule has 2 rings (SSSR count). The Labute approximate surface area is 124 Å². The standard InChI is InChI=1S/C15H23BrN2O/c1-11(12-6-8-18(2)9-7-12)17-13-4-5-14(16)15(10-13)19-3/h4-5,10-12,17H,6-9H2,1-3H3. The van der Waals surface area contributed by atoms with Gasteiger partial charge in [-0.05, 0) is 73.9 Å². The zero-order valence-electron chi connectivity index (χ0n) is 11.9. The van der Waals surface area contributed by atoms with Crippen LogP contribution < -0.4 is 10.1 Å². The molecule has 1 heterocycles. The van der Waals surface area contributed by atoms with Gasteiger partial charge in [0.1, 0.15) is 5.75 Å². The number of anilines is 1. The largest absolute Gasteiger partial charge is 0.495 e. The van der Waals surface area contributed by atoms with E-state index in [0.29, 0.717) is 6.04 Å². The fourth-order valence-corrected chi connectivity index (χ4v) is 3.07. The van der Waals surface area contributed by atoms with Crippen molar-refractivity contribution in [2.75, 3.05) is 32.6 Å². The van der Waals surface area contributed by atoms with Crippen molar-refractivity contribution in [3.8, 4) is 5.75 Å². The van der Waals surface area contributed by atoms with Crippen molar-refractivity contribution in [3.63, 3.8) is 0 Å². The minimum atomic E-state index is 0.500. The second-order valence-electron chi connectivity index (χ2n) is 5.42. The molecule has 0 radical (unpaired) electrons. The molecule has 1 unspecified atom stereocenters. The summed E-state index contributed by atoms with van der Waals surface area (Å²) in [6, 6.07) is 6.68. The molecule has 0 saturated carbocycles. The average Bonchev–Trinajstić information content (AvgIpc) is 2.41. The van der Waals surface area contributed by atoms with Crippen molar-refractivity contribution >= 4 is 21.6 Å². The smallest absolute Gasteiger partial charge is 0.135 e. The van der Waals surface area contributed by atoms with Gasteiger partial charge in [0.25, 0.3) is 0 Å². The Morgan fingerprint density at radius 3 is 2.68 bits per heavy atom. The van der Waals surface area contributed by atoms with Gasteiger partial charge in [-0.1, -0.05) is 0 Å². The summed E-state index contributed by atoms with van der Waals surface area (Å²) in [4.78, 5) is 2.41. The number of likely N-dealkylation sites (tertiary alicyclic amines) is 1. The third-order valence-corrected chi connectivity index (χ3v) is 4.67. The van der Waals surface area contributed by atoms with Gasteiger partial charge in [-0.3, -0.25) is 0 Å². The normalized spacial score (nSPS) is 19.2. The van der Waals surface area contributed by atoms with E-state index in [1.807, 2.05) is 6.07 Å². The number of benzene rings is 1. The van der Waals surface area contributed by atoms with Crippen LogP contribution in [0.25, 0.3) is 0 Å². The number of methoxy groups -OCH3 is 1. The highest BCUT2D eigenvalue weighted by atomic mass is 79.9. The van der Waals surface area contributed by atoms with Gasteiger partial charge >= 0.3 is 0 Å². The lowest BCUT2D eigenvalue weighted by atomic mass is 9.90. The Morgan fingerprint density at radius 1 is 1.37 bits per heavy atom. The predicted molar refractivity (Wildman–Crippen MR) is 84.0 cm³/mol. The number of rotatable bonds is 4.